The predicted octanol–water partition coefficient (Wildman–Crippen LogP) is -1.38. The van der Waals surface area contributed by atoms with E-state index in [1.54, 1.807) is 0 Å². The summed E-state index contributed by atoms with van der Waals surface area (Å²) in [7, 11) is 0. The van der Waals surface area contributed by atoms with Gasteiger partial charge in [-0.2, -0.15) is 37.9 Å². The number of rotatable bonds is 8. The Bertz CT molecular complexity index is 315. The van der Waals surface area contributed by atoms with E-state index in [-0.39, 0.29) is 23.8 Å². The van der Waals surface area contributed by atoms with Crippen molar-refractivity contribution in [3.8, 4) is 0 Å². The van der Waals surface area contributed by atoms with E-state index in [4.69, 9.17) is 5.73 Å². The van der Waals surface area contributed by atoms with Crippen molar-refractivity contribution in [2.24, 2.45) is 5.73 Å². The second-order valence-corrected chi connectivity index (χ2v) is 4.60. The zero-order chi connectivity index (χ0) is 14.1. The van der Waals surface area contributed by atoms with Crippen LogP contribution in [0.4, 0.5) is 0 Å². The van der Waals surface area contributed by atoms with E-state index in [9.17, 15) is 14.4 Å². The summed E-state index contributed by atoms with van der Waals surface area (Å²) in [4.78, 5) is 34.0. The van der Waals surface area contributed by atoms with E-state index >= 15 is 0 Å². The van der Waals surface area contributed by atoms with Gasteiger partial charge in [0.05, 0.1) is 0 Å². The zero-order valence-corrected chi connectivity index (χ0v) is 12.3. The Kier molecular flexibility index (Phi) is 9.12. The van der Waals surface area contributed by atoms with E-state index in [0.717, 1.165) is 0 Å². The van der Waals surface area contributed by atoms with Crippen molar-refractivity contribution >= 4 is 55.6 Å². The molecule has 0 radical (unpaired) electrons. The zero-order valence-electron chi connectivity index (χ0n) is 9.63. The number of nitrogens with two attached hydrogens (primary N) is 1. The largest absolute Gasteiger partial charge is 0.368 e. The van der Waals surface area contributed by atoms with Crippen LogP contribution in [0.3, 0.4) is 0 Å². The normalized spacial score (nSPS) is 13.5. The van der Waals surface area contributed by atoms with Crippen molar-refractivity contribution in [2.75, 3.05) is 17.3 Å². The molecule has 0 aromatic rings. The molecule has 0 unspecified atom stereocenters. The molecule has 6 nitrogen and oxygen atoms in total. The maximum atomic E-state index is 11.8. The van der Waals surface area contributed by atoms with Gasteiger partial charge in [0.2, 0.25) is 17.7 Å². The maximum absolute atomic E-state index is 11.8. The molecule has 3 amide bonds. The van der Waals surface area contributed by atoms with Crippen molar-refractivity contribution < 1.29 is 14.4 Å². The minimum absolute atomic E-state index is 0.0882. The van der Waals surface area contributed by atoms with Gasteiger partial charge in [-0.05, 0) is 5.75 Å². The summed E-state index contributed by atoms with van der Waals surface area (Å²) < 4.78 is 0. The molecule has 0 aliphatic rings. The number of amides is 3. The fourth-order valence-corrected chi connectivity index (χ4v) is 1.77. The van der Waals surface area contributed by atoms with Crippen molar-refractivity contribution in [2.45, 2.75) is 18.5 Å². The number of nitrogens with one attached hydrogen (secondary N) is 2. The molecule has 18 heavy (non-hydrogen) atoms. The fraction of sp³-hybridized carbons (Fsp3) is 0.667. The van der Waals surface area contributed by atoms with E-state index in [1.807, 2.05) is 0 Å². The SMILES string of the molecule is NC(=O)[C@H](CS)NC(=O)[C@@H](CS)NC(=O)CCS. The van der Waals surface area contributed by atoms with Crippen LogP contribution < -0.4 is 16.4 Å². The van der Waals surface area contributed by atoms with Gasteiger partial charge >= 0.3 is 0 Å². The first-order valence-corrected chi connectivity index (χ1v) is 7.07. The molecule has 9 heteroatoms. The summed E-state index contributed by atoms with van der Waals surface area (Å²) in [5, 5.41) is 4.87. The highest BCUT2D eigenvalue weighted by atomic mass is 32.1. The van der Waals surface area contributed by atoms with Crippen LogP contribution in [-0.2, 0) is 14.4 Å². The lowest BCUT2D eigenvalue weighted by atomic mass is 10.2. The third-order valence-corrected chi connectivity index (χ3v) is 2.97. The van der Waals surface area contributed by atoms with Gasteiger partial charge in [0.1, 0.15) is 12.1 Å². The van der Waals surface area contributed by atoms with E-state index in [2.05, 4.69) is 48.5 Å². The third-order valence-electron chi connectivity index (χ3n) is 2.02. The molecular formula is C9H17N3O3S3. The molecule has 0 rings (SSSR count). The smallest absolute Gasteiger partial charge is 0.244 e. The molecule has 0 aliphatic heterocycles. The predicted molar refractivity (Wildman–Crippen MR) is 79.2 cm³/mol. The van der Waals surface area contributed by atoms with Gasteiger partial charge in [-0.25, -0.2) is 0 Å². The number of thiol groups is 3. The molecule has 0 fully saturated rings. The number of hydrogen-bond acceptors (Lipinski definition) is 6. The summed E-state index contributed by atoms with van der Waals surface area (Å²) in [5.74, 6) is -0.922. The number of carbonyl (C=O) groups excluding carboxylic acids is 3. The Balaban J connectivity index is 4.42. The molecule has 0 aromatic heterocycles. The van der Waals surface area contributed by atoms with Crippen LogP contribution in [-0.4, -0.2) is 47.1 Å². The Morgan fingerprint density at radius 2 is 1.56 bits per heavy atom. The van der Waals surface area contributed by atoms with Crippen LogP contribution in [0, 0.1) is 0 Å². The number of primary amides is 1. The fourth-order valence-electron chi connectivity index (χ4n) is 1.04. The Hall–Kier alpha value is -0.540. The van der Waals surface area contributed by atoms with Gasteiger partial charge in [-0.3, -0.25) is 14.4 Å². The lowest BCUT2D eigenvalue weighted by Crippen LogP contribution is -2.54. The highest BCUT2D eigenvalue weighted by molar-refractivity contribution is 7.80. The molecule has 4 N–H and O–H groups in total. The summed E-state index contributed by atoms with van der Waals surface area (Å²) in [6.45, 7) is 0. The minimum Gasteiger partial charge on any atom is -0.368 e. The Morgan fingerprint density at radius 3 is 1.94 bits per heavy atom. The highest BCUT2D eigenvalue weighted by Crippen LogP contribution is 1.95. The minimum atomic E-state index is -0.870. The number of carbonyl (C=O) groups is 3. The summed E-state index contributed by atoms with van der Waals surface area (Å²) >= 11 is 11.8. The van der Waals surface area contributed by atoms with Crippen LogP contribution in [0.15, 0.2) is 0 Å². The van der Waals surface area contributed by atoms with Gasteiger partial charge in [0.25, 0.3) is 0 Å². The van der Waals surface area contributed by atoms with Gasteiger partial charge in [-0.1, -0.05) is 0 Å². The van der Waals surface area contributed by atoms with Crippen LogP contribution in [0.25, 0.3) is 0 Å². The first kappa shape index (κ1) is 17.5. The van der Waals surface area contributed by atoms with Crippen LogP contribution in [0.1, 0.15) is 6.42 Å². The second kappa shape index (κ2) is 9.40. The van der Waals surface area contributed by atoms with Crippen LogP contribution in [0.2, 0.25) is 0 Å². The topological polar surface area (TPSA) is 101 Å². The van der Waals surface area contributed by atoms with Gasteiger partial charge in [0.15, 0.2) is 0 Å². The van der Waals surface area contributed by atoms with E-state index < -0.39 is 23.9 Å². The molecule has 0 aliphatic carbocycles. The van der Waals surface area contributed by atoms with E-state index in [0.29, 0.717) is 5.75 Å². The Morgan fingerprint density at radius 1 is 1.00 bits per heavy atom. The quantitative estimate of drug-likeness (QED) is 0.312. The molecule has 0 heterocycles. The molecule has 0 bridgehead atoms. The molecular weight excluding hydrogens is 294 g/mol. The standard InChI is InChI=1S/C9H17N3O3S3/c10-8(14)5(3-17)12-9(15)6(4-18)11-7(13)1-2-16/h5-6,16-18H,1-4H2,(H2,10,14)(H,11,13)(H,12,15)/t5-,6+/m0/s1. The monoisotopic (exact) mass is 311 g/mol. The molecule has 104 valence electrons. The van der Waals surface area contributed by atoms with Crippen molar-refractivity contribution in [1.82, 2.24) is 10.6 Å². The molecule has 0 saturated carbocycles. The third kappa shape index (κ3) is 6.41. The highest BCUT2D eigenvalue weighted by Gasteiger charge is 2.23. The lowest BCUT2D eigenvalue weighted by Gasteiger charge is -2.19. The van der Waals surface area contributed by atoms with E-state index in [1.165, 1.54) is 0 Å². The molecule has 0 aromatic carbocycles. The number of hydrogen-bond donors (Lipinski definition) is 6. The van der Waals surface area contributed by atoms with Crippen molar-refractivity contribution in [1.29, 1.82) is 0 Å². The van der Waals surface area contributed by atoms with Crippen molar-refractivity contribution in [3.05, 3.63) is 0 Å². The summed E-state index contributed by atoms with van der Waals surface area (Å²) in [6.07, 6.45) is 0.201. The van der Waals surface area contributed by atoms with Crippen LogP contribution in [0.5, 0.6) is 0 Å². The first-order valence-electron chi connectivity index (χ1n) is 5.17. The van der Waals surface area contributed by atoms with Crippen molar-refractivity contribution in [3.63, 3.8) is 0 Å². The van der Waals surface area contributed by atoms with Gasteiger partial charge in [-0.15, -0.1) is 0 Å². The average Bonchev–Trinajstić information content (AvgIpc) is 2.32. The lowest BCUT2D eigenvalue weighted by molar-refractivity contribution is -0.130. The van der Waals surface area contributed by atoms with Gasteiger partial charge in [0, 0.05) is 17.9 Å². The second-order valence-electron chi connectivity index (χ2n) is 3.42. The van der Waals surface area contributed by atoms with Gasteiger partial charge < -0.3 is 16.4 Å². The summed E-state index contributed by atoms with van der Waals surface area (Å²) in [5.41, 5.74) is 5.07. The molecule has 2 atom stereocenters. The Labute approximate surface area is 122 Å². The first-order chi connectivity index (χ1) is 8.46. The average molecular weight is 311 g/mol. The molecule has 0 spiro atoms. The van der Waals surface area contributed by atoms with Crippen LogP contribution >= 0.6 is 37.9 Å². The maximum Gasteiger partial charge on any atom is 0.244 e. The molecule has 0 saturated heterocycles. The summed E-state index contributed by atoms with van der Waals surface area (Å²) in [6, 6.07) is -1.69.